The molecule has 0 spiro atoms. The van der Waals surface area contributed by atoms with E-state index in [0.717, 1.165) is 25.7 Å². The number of aliphatic hydroxyl groups is 1. The fourth-order valence-corrected chi connectivity index (χ4v) is 2.61. The number of benzene rings is 1. The Hall–Kier alpha value is -1.62. The number of hydrogen-bond donors (Lipinski definition) is 3. The van der Waals surface area contributed by atoms with Crippen molar-refractivity contribution in [1.29, 1.82) is 0 Å². The molecular formula is C14H19FN2O2. The summed E-state index contributed by atoms with van der Waals surface area (Å²) in [4.78, 5) is 12.1. The van der Waals surface area contributed by atoms with E-state index in [0.29, 0.717) is 0 Å². The number of carbonyl (C=O) groups is 1. The number of amides is 1. The minimum absolute atomic E-state index is 0.0456. The maximum Gasteiger partial charge on any atom is 0.251 e. The Morgan fingerprint density at radius 3 is 2.79 bits per heavy atom. The van der Waals surface area contributed by atoms with Gasteiger partial charge >= 0.3 is 0 Å². The molecule has 2 rings (SSSR count). The highest BCUT2D eigenvalue weighted by Crippen LogP contribution is 2.24. The van der Waals surface area contributed by atoms with Gasteiger partial charge in [0.2, 0.25) is 0 Å². The predicted octanol–water partition coefficient (Wildman–Crippen LogP) is 1.69. The molecule has 4 N–H and O–H groups in total. The van der Waals surface area contributed by atoms with Crippen LogP contribution in [0.4, 0.5) is 10.1 Å². The molecule has 1 aromatic carbocycles. The van der Waals surface area contributed by atoms with Crippen molar-refractivity contribution in [2.24, 2.45) is 5.92 Å². The first-order chi connectivity index (χ1) is 9.10. The molecule has 0 aliphatic heterocycles. The van der Waals surface area contributed by atoms with E-state index < -0.39 is 5.82 Å². The molecule has 0 heterocycles. The fourth-order valence-electron chi connectivity index (χ4n) is 2.61. The highest BCUT2D eigenvalue weighted by Gasteiger charge is 2.26. The molecule has 1 aliphatic carbocycles. The second-order valence-electron chi connectivity index (χ2n) is 5.08. The molecule has 19 heavy (non-hydrogen) atoms. The number of nitrogen functional groups attached to an aromatic ring is 1. The monoisotopic (exact) mass is 266 g/mol. The Morgan fingerprint density at radius 2 is 2.11 bits per heavy atom. The Morgan fingerprint density at radius 1 is 1.37 bits per heavy atom. The van der Waals surface area contributed by atoms with Crippen LogP contribution in [-0.2, 0) is 0 Å². The van der Waals surface area contributed by atoms with E-state index in [4.69, 9.17) is 5.73 Å². The molecule has 104 valence electrons. The topological polar surface area (TPSA) is 75.4 Å². The number of anilines is 1. The van der Waals surface area contributed by atoms with Gasteiger partial charge in [-0.2, -0.15) is 0 Å². The molecular weight excluding hydrogens is 247 g/mol. The quantitative estimate of drug-likeness (QED) is 0.729. The second kappa shape index (κ2) is 6.02. The van der Waals surface area contributed by atoms with Crippen LogP contribution in [0.3, 0.4) is 0 Å². The van der Waals surface area contributed by atoms with Crippen LogP contribution in [0.25, 0.3) is 0 Å². The lowest BCUT2D eigenvalue weighted by Gasteiger charge is -2.30. The first-order valence-corrected chi connectivity index (χ1v) is 6.58. The number of halogens is 1. The van der Waals surface area contributed by atoms with Gasteiger partial charge in [-0.3, -0.25) is 4.79 Å². The first-order valence-electron chi connectivity index (χ1n) is 6.58. The maximum absolute atomic E-state index is 13.2. The molecule has 0 radical (unpaired) electrons. The van der Waals surface area contributed by atoms with Crippen LogP contribution in [0.5, 0.6) is 0 Å². The molecule has 5 heteroatoms. The molecule has 0 saturated heterocycles. The van der Waals surface area contributed by atoms with Crippen molar-refractivity contribution in [3.05, 3.63) is 29.6 Å². The maximum atomic E-state index is 13.2. The molecule has 1 aliphatic rings. The van der Waals surface area contributed by atoms with E-state index in [2.05, 4.69) is 5.32 Å². The molecule has 0 aromatic heterocycles. The lowest BCUT2D eigenvalue weighted by atomic mass is 9.85. The van der Waals surface area contributed by atoms with E-state index >= 15 is 0 Å². The molecule has 2 unspecified atom stereocenters. The predicted molar refractivity (Wildman–Crippen MR) is 71.1 cm³/mol. The molecule has 1 fully saturated rings. The minimum Gasteiger partial charge on any atom is -0.399 e. The minimum atomic E-state index is -0.521. The van der Waals surface area contributed by atoms with Crippen LogP contribution < -0.4 is 11.1 Å². The summed E-state index contributed by atoms with van der Waals surface area (Å²) >= 11 is 0. The molecule has 0 bridgehead atoms. The molecule has 1 saturated carbocycles. The van der Waals surface area contributed by atoms with Gasteiger partial charge in [0.05, 0.1) is 0 Å². The Bertz CT molecular complexity index is 445. The number of rotatable bonds is 3. The number of carbonyl (C=O) groups excluding carboxylic acids is 1. The summed E-state index contributed by atoms with van der Waals surface area (Å²) in [6.07, 6.45) is 3.87. The van der Waals surface area contributed by atoms with Gasteiger partial charge in [0, 0.05) is 29.8 Å². The van der Waals surface area contributed by atoms with E-state index in [-0.39, 0.29) is 35.7 Å². The van der Waals surface area contributed by atoms with Crippen molar-refractivity contribution in [1.82, 2.24) is 5.32 Å². The van der Waals surface area contributed by atoms with Crippen LogP contribution >= 0.6 is 0 Å². The average molecular weight is 266 g/mol. The number of nitrogens with two attached hydrogens (primary N) is 1. The summed E-state index contributed by atoms with van der Waals surface area (Å²) in [7, 11) is 0. The Kier molecular flexibility index (Phi) is 4.37. The van der Waals surface area contributed by atoms with Gasteiger partial charge in [-0.1, -0.05) is 12.8 Å². The molecule has 1 amide bonds. The van der Waals surface area contributed by atoms with Crippen LogP contribution in [0, 0.1) is 11.7 Å². The van der Waals surface area contributed by atoms with Crippen molar-refractivity contribution in [3.8, 4) is 0 Å². The highest BCUT2D eigenvalue weighted by atomic mass is 19.1. The zero-order valence-corrected chi connectivity index (χ0v) is 10.7. The SMILES string of the molecule is Nc1cc(F)cc(C(=O)NC2CCCCC2CO)c1. The van der Waals surface area contributed by atoms with Gasteiger partial charge in [0.1, 0.15) is 5.82 Å². The third-order valence-corrected chi connectivity index (χ3v) is 3.64. The zero-order chi connectivity index (χ0) is 13.8. The van der Waals surface area contributed by atoms with Crippen molar-refractivity contribution in [2.75, 3.05) is 12.3 Å². The third kappa shape index (κ3) is 3.44. The number of hydrogen-bond acceptors (Lipinski definition) is 3. The lowest BCUT2D eigenvalue weighted by molar-refractivity contribution is 0.0872. The number of aliphatic hydroxyl groups excluding tert-OH is 1. The Labute approximate surface area is 111 Å². The zero-order valence-electron chi connectivity index (χ0n) is 10.7. The van der Waals surface area contributed by atoms with Gasteiger partial charge < -0.3 is 16.2 Å². The summed E-state index contributed by atoms with van der Waals surface area (Å²) in [5, 5.41) is 12.2. The number of nitrogens with one attached hydrogen (secondary N) is 1. The summed E-state index contributed by atoms with van der Waals surface area (Å²) < 4.78 is 13.2. The first kappa shape index (κ1) is 13.8. The summed E-state index contributed by atoms with van der Waals surface area (Å²) in [5.74, 6) is -0.771. The van der Waals surface area contributed by atoms with Crippen LogP contribution in [0.2, 0.25) is 0 Å². The van der Waals surface area contributed by atoms with Crippen molar-refractivity contribution in [2.45, 2.75) is 31.7 Å². The van der Waals surface area contributed by atoms with Crippen LogP contribution in [-0.4, -0.2) is 23.7 Å². The molecule has 4 nitrogen and oxygen atoms in total. The van der Waals surface area contributed by atoms with Crippen molar-refractivity contribution in [3.63, 3.8) is 0 Å². The summed E-state index contributed by atoms with van der Waals surface area (Å²) in [6, 6.07) is 3.75. The molecule has 1 aromatic rings. The van der Waals surface area contributed by atoms with Gasteiger partial charge in [-0.15, -0.1) is 0 Å². The van der Waals surface area contributed by atoms with Crippen molar-refractivity contribution >= 4 is 11.6 Å². The van der Waals surface area contributed by atoms with E-state index in [1.165, 1.54) is 18.2 Å². The average Bonchev–Trinajstić information content (AvgIpc) is 2.38. The summed E-state index contributed by atoms with van der Waals surface area (Å²) in [6.45, 7) is 0.0657. The van der Waals surface area contributed by atoms with E-state index in [9.17, 15) is 14.3 Å². The normalized spacial score (nSPS) is 23.1. The fraction of sp³-hybridized carbons (Fsp3) is 0.500. The van der Waals surface area contributed by atoms with Crippen LogP contribution in [0.1, 0.15) is 36.0 Å². The standard InChI is InChI=1S/C14H19FN2O2/c15-11-5-10(6-12(16)7-11)14(19)17-13-4-2-1-3-9(13)8-18/h5-7,9,13,18H,1-4,8,16H2,(H,17,19). The van der Waals surface area contributed by atoms with Crippen molar-refractivity contribution < 1.29 is 14.3 Å². The van der Waals surface area contributed by atoms with E-state index in [1.807, 2.05) is 0 Å². The second-order valence-corrected chi connectivity index (χ2v) is 5.08. The van der Waals surface area contributed by atoms with Gasteiger partial charge in [-0.05, 0) is 31.0 Å². The summed E-state index contributed by atoms with van der Waals surface area (Å²) in [5.41, 5.74) is 5.98. The van der Waals surface area contributed by atoms with Gasteiger partial charge in [0.15, 0.2) is 0 Å². The highest BCUT2D eigenvalue weighted by molar-refractivity contribution is 5.95. The largest absolute Gasteiger partial charge is 0.399 e. The van der Waals surface area contributed by atoms with Crippen LogP contribution in [0.15, 0.2) is 18.2 Å². The Balaban J connectivity index is 2.07. The van der Waals surface area contributed by atoms with Gasteiger partial charge in [0.25, 0.3) is 5.91 Å². The third-order valence-electron chi connectivity index (χ3n) is 3.64. The smallest absolute Gasteiger partial charge is 0.251 e. The molecule has 2 atom stereocenters. The lowest BCUT2D eigenvalue weighted by Crippen LogP contribution is -2.43. The van der Waals surface area contributed by atoms with E-state index in [1.54, 1.807) is 0 Å². The van der Waals surface area contributed by atoms with Gasteiger partial charge in [-0.25, -0.2) is 4.39 Å².